The summed E-state index contributed by atoms with van der Waals surface area (Å²) in [5, 5.41) is 3.41. The monoisotopic (exact) mass is 283 g/mol. The SMILES string of the molecule is Cc1cccc(OCCNCc2ccc3c(c2)CCO3)c1. The Bertz CT molecular complexity index is 610. The van der Waals surface area contributed by atoms with Crippen LogP contribution in [0.3, 0.4) is 0 Å². The Morgan fingerprint density at radius 2 is 2.14 bits per heavy atom. The number of hydrogen-bond acceptors (Lipinski definition) is 3. The molecule has 3 nitrogen and oxygen atoms in total. The number of hydrogen-bond donors (Lipinski definition) is 1. The summed E-state index contributed by atoms with van der Waals surface area (Å²) in [6.45, 7) is 5.27. The topological polar surface area (TPSA) is 30.5 Å². The van der Waals surface area contributed by atoms with Gasteiger partial charge in [-0.1, -0.05) is 24.3 Å². The van der Waals surface area contributed by atoms with Gasteiger partial charge in [-0.3, -0.25) is 0 Å². The summed E-state index contributed by atoms with van der Waals surface area (Å²) >= 11 is 0. The molecule has 0 spiro atoms. The molecule has 0 atom stereocenters. The summed E-state index contributed by atoms with van der Waals surface area (Å²) in [6.07, 6.45) is 1.03. The molecule has 1 heterocycles. The van der Waals surface area contributed by atoms with Crippen LogP contribution >= 0.6 is 0 Å². The lowest BCUT2D eigenvalue weighted by Crippen LogP contribution is -2.20. The number of fused-ring (bicyclic) bond motifs is 1. The normalized spacial score (nSPS) is 12.8. The highest BCUT2D eigenvalue weighted by molar-refractivity contribution is 5.39. The third kappa shape index (κ3) is 3.76. The van der Waals surface area contributed by atoms with Crippen LogP contribution < -0.4 is 14.8 Å². The van der Waals surface area contributed by atoms with Gasteiger partial charge in [0.05, 0.1) is 6.61 Å². The van der Waals surface area contributed by atoms with Crippen LogP contribution in [0.2, 0.25) is 0 Å². The fourth-order valence-corrected chi connectivity index (χ4v) is 2.53. The molecule has 3 rings (SSSR count). The average Bonchev–Trinajstić information content (AvgIpc) is 2.94. The largest absolute Gasteiger partial charge is 0.493 e. The van der Waals surface area contributed by atoms with Gasteiger partial charge in [0.15, 0.2) is 0 Å². The maximum absolute atomic E-state index is 5.72. The van der Waals surface area contributed by atoms with Crippen molar-refractivity contribution in [3.63, 3.8) is 0 Å². The van der Waals surface area contributed by atoms with E-state index < -0.39 is 0 Å². The van der Waals surface area contributed by atoms with E-state index in [1.807, 2.05) is 12.1 Å². The summed E-state index contributed by atoms with van der Waals surface area (Å²) in [5.74, 6) is 1.98. The van der Waals surface area contributed by atoms with Crippen molar-refractivity contribution in [1.29, 1.82) is 0 Å². The first-order valence-corrected chi connectivity index (χ1v) is 7.46. The molecule has 0 aromatic heterocycles. The molecule has 2 aromatic rings. The Morgan fingerprint density at radius 3 is 3.05 bits per heavy atom. The van der Waals surface area contributed by atoms with Gasteiger partial charge in [0.25, 0.3) is 0 Å². The van der Waals surface area contributed by atoms with Crippen molar-refractivity contribution in [2.45, 2.75) is 19.9 Å². The molecule has 0 bridgehead atoms. The molecule has 3 heteroatoms. The van der Waals surface area contributed by atoms with E-state index in [9.17, 15) is 0 Å². The molecular weight excluding hydrogens is 262 g/mol. The second-order valence-corrected chi connectivity index (χ2v) is 5.38. The Balaban J connectivity index is 1.40. The second-order valence-electron chi connectivity index (χ2n) is 5.38. The maximum Gasteiger partial charge on any atom is 0.122 e. The molecular formula is C18H21NO2. The van der Waals surface area contributed by atoms with E-state index in [-0.39, 0.29) is 0 Å². The summed E-state index contributed by atoms with van der Waals surface area (Å²) in [7, 11) is 0. The van der Waals surface area contributed by atoms with Crippen LogP contribution in [0.4, 0.5) is 0 Å². The van der Waals surface area contributed by atoms with Crippen molar-refractivity contribution in [2.24, 2.45) is 0 Å². The molecule has 1 aliphatic heterocycles. The summed E-state index contributed by atoms with van der Waals surface area (Å²) in [4.78, 5) is 0. The van der Waals surface area contributed by atoms with E-state index >= 15 is 0 Å². The lowest BCUT2D eigenvalue weighted by atomic mass is 10.1. The molecule has 0 unspecified atom stereocenters. The van der Waals surface area contributed by atoms with Crippen molar-refractivity contribution in [2.75, 3.05) is 19.8 Å². The number of benzene rings is 2. The maximum atomic E-state index is 5.72. The van der Waals surface area contributed by atoms with E-state index in [2.05, 4.69) is 42.6 Å². The van der Waals surface area contributed by atoms with E-state index in [0.29, 0.717) is 6.61 Å². The zero-order chi connectivity index (χ0) is 14.5. The molecule has 0 aliphatic carbocycles. The van der Waals surface area contributed by atoms with E-state index in [1.54, 1.807) is 0 Å². The minimum atomic E-state index is 0.678. The molecule has 110 valence electrons. The first-order valence-electron chi connectivity index (χ1n) is 7.46. The molecule has 1 N–H and O–H groups in total. The van der Waals surface area contributed by atoms with Crippen LogP contribution in [0.15, 0.2) is 42.5 Å². The molecule has 0 saturated heterocycles. The third-order valence-electron chi connectivity index (χ3n) is 3.62. The Hall–Kier alpha value is -2.00. The summed E-state index contributed by atoms with van der Waals surface area (Å²) in [5.41, 5.74) is 3.85. The van der Waals surface area contributed by atoms with Crippen molar-refractivity contribution in [3.05, 3.63) is 59.2 Å². The predicted octanol–water partition coefficient (Wildman–Crippen LogP) is 3.10. The quantitative estimate of drug-likeness (QED) is 0.826. The van der Waals surface area contributed by atoms with Gasteiger partial charge in [0.2, 0.25) is 0 Å². The van der Waals surface area contributed by atoms with Gasteiger partial charge in [0.1, 0.15) is 18.1 Å². The third-order valence-corrected chi connectivity index (χ3v) is 3.62. The van der Waals surface area contributed by atoms with Crippen LogP contribution in [0.5, 0.6) is 11.5 Å². The highest BCUT2D eigenvalue weighted by Crippen LogP contribution is 2.25. The van der Waals surface area contributed by atoms with Crippen LogP contribution in [0.1, 0.15) is 16.7 Å². The molecule has 21 heavy (non-hydrogen) atoms. The van der Waals surface area contributed by atoms with Gasteiger partial charge in [-0.2, -0.15) is 0 Å². The Labute approximate surface area is 125 Å². The molecule has 0 radical (unpaired) electrons. The van der Waals surface area contributed by atoms with Crippen LogP contribution in [0, 0.1) is 6.92 Å². The fourth-order valence-electron chi connectivity index (χ4n) is 2.53. The van der Waals surface area contributed by atoms with Crippen LogP contribution in [0.25, 0.3) is 0 Å². The highest BCUT2D eigenvalue weighted by atomic mass is 16.5. The number of ether oxygens (including phenoxy) is 2. The molecule has 0 fully saturated rings. The zero-order valence-electron chi connectivity index (χ0n) is 12.4. The standard InChI is InChI=1S/C18H21NO2/c1-14-3-2-4-17(11-14)20-10-8-19-13-15-5-6-18-16(12-15)7-9-21-18/h2-6,11-12,19H,7-10,13H2,1H3. The van der Waals surface area contributed by atoms with Gasteiger partial charge < -0.3 is 14.8 Å². The van der Waals surface area contributed by atoms with E-state index in [0.717, 1.165) is 37.6 Å². The molecule has 0 amide bonds. The van der Waals surface area contributed by atoms with Gasteiger partial charge >= 0.3 is 0 Å². The zero-order valence-corrected chi connectivity index (χ0v) is 12.4. The van der Waals surface area contributed by atoms with Gasteiger partial charge in [0, 0.05) is 19.5 Å². The first kappa shape index (κ1) is 14.0. The first-order chi connectivity index (χ1) is 10.3. The van der Waals surface area contributed by atoms with Crippen LogP contribution in [-0.4, -0.2) is 19.8 Å². The van der Waals surface area contributed by atoms with Crippen molar-refractivity contribution >= 4 is 0 Å². The van der Waals surface area contributed by atoms with Gasteiger partial charge in [-0.25, -0.2) is 0 Å². The van der Waals surface area contributed by atoms with Crippen LogP contribution in [-0.2, 0) is 13.0 Å². The Kier molecular flexibility index (Phi) is 4.41. The van der Waals surface area contributed by atoms with E-state index in [4.69, 9.17) is 9.47 Å². The van der Waals surface area contributed by atoms with E-state index in [1.165, 1.54) is 16.7 Å². The summed E-state index contributed by atoms with van der Waals surface area (Å²) in [6, 6.07) is 14.6. The average molecular weight is 283 g/mol. The molecule has 2 aromatic carbocycles. The van der Waals surface area contributed by atoms with Gasteiger partial charge in [-0.05, 0) is 41.8 Å². The van der Waals surface area contributed by atoms with Crippen molar-refractivity contribution in [1.82, 2.24) is 5.32 Å². The lowest BCUT2D eigenvalue weighted by molar-refractivity contribution is 0.313. The lowest BCUT2D eigenvalue weighted by Gasteiger charge is -2.09. The molecule has 0 saturated carbocycles. The number of nitrogens with one attached hydrogen (secondary N) is 1. The molecule has 1 aliphatic rings. The fraction of sp³-hybridized carbons (Fsp3) is 0.333. The number of aryl methyl sites for hydroxylation is 1. The van der Waals surface area contributed by atoms with Gasteiger partial charge in [-0.15, -0.1) is 0 Å². The number of rotatable bonds is 6. The summed E-state index contributed by atoms with van der Waals surface area (Å²) < 4.78 is 11.2. The Morgan fingerprint density at radius 1 is 1.19 bits per heavy atom. The van der Waals surface area contributed by atoms with Crippen molar-refractivity contribution in [3.8, 4) is 11.5 Å². The van der Waals surface area contributed by atoms with Crippen molar-refractivity contribution < 1.29 is 9.47 Å². The highest BCUT2D eigenvalue weighted by Gasteiger charge is 2.11. The second kappa shape index (κ2) is 6.64. The smallest absolute Gasteiger partial charge is 0.122 e. The minimum absolute atomic E-state index is 0.678. The predicted molar refractivity (Wildman–Crippen MR) is 84.0 cm³/mol. The minimum Gasteiger partial charge on any atom is -0.493 e.